The molecule has 1 aliphatic rings. The fourth-order valence-corrected chi connectivity index (χ4v) is 6.18. The first-order chi connectivity index (χ1) is 19.2. The summed E-state index contributed by atoms with van der Waals surface area (Å²) in [5, 5.41) is 13.9. The summed E-state index contributed by atoms with van der Waals surface area (Å²) in [4.78, 5) is 12.8. The van der Waals surface area contributed by atoms with E-state index in [1.54, 1.807) is 0 Å². The van der Waals surface area contributed by atoms with E-state index in [2.05, 4.69) is 19.2 Å². The number of hydrogen-bond donors (Lipinski definition) is 2. The Balaban J connectivity index is 1.88. The minimum absolute atomic E-state index is 0.124. The molecule has 0 aromatic rings. The first-order valence-electron chi connectivity index (χ1n) is 18.1. The Hall–Kier alpha value is -0.570. The summed E-state index contributed by atoms with van der Waals surface area (Å²) in [5.41, 5.74) is -0.451. The van der Waals surface area contributed by atoms with Gasteiger partial charge in [0.05, 0.1) is 11.5 Å². The third-order valence-electron chi connectivity index (χ3n) is 9.28. The van der Waals surface area contributed by atoms with Gasteiger partial charge in [-0.1, -0.05) is 181 Å². The molecule has 1 rings (SSSR count). The maximum absolute atomic E-state index is 12.8. The highest BCUT2D eigenvalue weighted by molar-refractivity contribution is 5.85. The van der Waals surface area contributed by atoms with Gasteiger partial charge in [0.25, 0.3) is 0 Å². The molecule has 232 valence electrons. The molecule has 0 heterocycles. The summed E-state index contributed by atoms with van der Waals surface area (Å²) >= 11 is 0. The van der Waals surface area contributed by atoms with Gasteiger partial charge < -0.3 is 10.4 Å². The first-order valence-corrected chi connectivity index (χ1v) is 18.1. The van der Waals surface area contributed by atoms with Crippen molar-refractivity contribution in [2.45, 2.75) is 213 Å². The SMILES string of the molecule is CCCCCCCCCCCCCCCCNC(=O)C1(C(O)CCCCCCCCCCCCCCC)CC1. The highest BCUT2D eigenvalue weighted by Crippen LogP contribution is 2.50. The number of unbranched alkanes of at least 4 members (excludes halogenated alkanes) is 25. The van der Waals surface area contributed by atoms with E-state index >= 15 is 0 Å². The molecule has 0 radical (unpaired) electrons. The van der Waals surface area contributed by atoms with Gasteiger partial charge in [0.1, 0.15) is 0 Å². The van der Waals surface area contributed by atoms with Gasteiger partial charge >= 0.3 is 0 Å². The van der Waals surface area contributed by atoms with Crippen molar-refractivity contribution in [3.05, 3.63) is 0 Å². The predicted octanol–water partition coefficient (Wildman–Crippen LogP) is 11.2. The van der Waals surface area contributed by atoms with Crippen molar-refractivity contribution in [1.82, 2.24) is 5.32 Å². The van der Waals surface area contributed by atoms with E-state index in [9.17, 15) is 9.90 Å². The Kier molecular flexibility index (Phi) is 24.6. The van der Waals surface area contributed by atoms with Crippen LogP contribution in [0.1, 0.15) is 206 Å². The van der Waals surface area contributed by atoms with Crippen LogP contribution in [-0.4, -0.2) is 23.7 Å². The monoisotopic (exact) mass is 550 g/mol. The molecule has 0 aromatic heterocycles. The molecular weight excluding hydrogens is 478 g/mol. The van der Waals surface area contributed by atoms with Crippen LogP contribution < -0.4 is 5.32 Å². The van der Waals surface area contributed by atoms with Crippen molar-refractivity contribution in [1.29, 1.82) is 0 Å². The van der Waals surface area contributed by atoms with E-state index in [0.717, 1.165) is 38.6 Å². The third-order valence-corrected chi connectivity index (χ3v) is 9.28. The first kappa shape index (κ1) is 36.5. The molecule has 0 spiro atoms. The largest absolute Gasteiger partial charge is 0.392 e. The van der Waals surface area contributed by atoms with E-state index in [1.807, 2.05) is 0 Å². The van der Waals surface area contributed by atoms with Gasteiger partial charge in [0, 0.05) is 6.54 Å². The molecular formula is C36H71NO2. The quantitative estimate of drug-likeness (QED) is 0.0845. The Bertz CT molecular complexity index is 530. The molecule has 0 aromatic carbocycles. The van der Waals surface area contributed by atoms with Crippen molar-refractivity contribution in [3.63, 3.8) is 0 Å². The minimum Gasteiger partial charge on any atom is -0.392 e. The molecule has 0 saturated heterocycles. The number of aliphatic hydroxyl groups excluding tert-OH is 1. The molecule has 1 fully saturated rings. The third kappa shape index (κ3) is 20.0. The zero-order valence-electron chi connectivity index (χ0n) is 26.9. The van der Waals surface area contributed by atoms with Crippen molar-refractivity contribution < 1.29 is 9.90 Å². The number of carbonyl (C=O) groups is 1. The maximum Gasteiger partial charge on any atom is 0.228 e. The van der Waals surface area contributed by atoms with Crippen LogP contribution >= 0.6 is 0 Å². The Morgan fingerprint density at radius 2 is 0.846 bits per heavy atom. The van der Waals surface area contributed by atoms with Gasteiger partial charge in [-0.15, -0.1) is 0 Å². The lowest BCUT2D eigenvalue weighted by Crippen LogP contribution is -2.39. The van der Waals surface area contributed by atoms with Gasteiger partial charge in [-0.25, -0.2) is 0 Å². The number of hydrogen-bond acceptors (Lipinski definition) is 2. The van der Waals surface area contributed by atoms with Crippen LogP contribution in [0.25, 0.3) is 0 Å². The van der Waals surface area contributed by atoms with Gasteiger partial charge in [-0.05, 0) is 25.7 Å². The summed E-state index contributed by atoms with van der Waals surface area (Å²) < 4.78 is 0. The molecule has 0 aliphatic heterocycles. The van der Waals surface area contributed by atoms with Crippen molar-refractivity contribution in [3.8, 4) is 0 Å². The van der Waals surface area contributed by atoms with E-state index < -0.39 is 11.5 Å². The number of rotatable bonds is 31. The van der Waals surface area contributed by atoms with Crippen LogP contribution in [0.15, 0.2) is 0 Å². The molecule has 1 saturated carbocycles. The summed E-state index contributed by atoms with van der Waals surface area (Å²) in [6.45, 7) is 5.35. The van der Waals surface area contributed by atoms with Crippen LogP contribution in [0, 0.1) is 5.41 Å². The second-order valence-electron chi connectivity index (χ2n) is 13.1. The second kappa shape index (κ2) is 26.3. The number of amides is 1. The standard InChI is InChI=1S/C36H71NO2/c1-3-5-7-9-11-13-15-17-19-21-23-25-27-29-33-37-35(39)36(31-32-36)34(38)30-28-26-24-22-20-18-16-14-12-10-8-6-4-2/h34,38H,3-33H2,1-2H3,(H,37,39). The lowest BCUT2D eigenvalue weighted by molar-refractivity contribution is -0.130. The van der Waals surface area contributed by atoms with Gasteiger partial charge in [0.15, 0.2) is 0 Å². The Labute approximate surface area is 245 Å². The van der Waals surface area contributed by atoms with Crippen LogP contribution in [0.2, 0.25) is 0 Å². The molecule has 1 atom stereocenters. The van der Waals surface area contributed by atoms with Crippen LogP contribution in [0.3, 0.4) is 0 Å². The summed E-state index contributed by atoms with van der Waals surface area (Å²) in [6.07, 6.45) is 38.6. The number of nitrogens with one attached hydrogen (secondary N) is 1. The number of carbonyl (C=O) groups excluding carboxylic acids is 1. The average Bonchev–Trinajstić information content (AvgIpc) is 3.75. The molecule has 3 nitrogen and oxygen atoms in total. The Morgan fingerprint density at radius 3 is 1.18 bits per heavy atom. The average molecular weight is 550 g/mol. The molecule has 1 unspecified atom stereocenters. The lowest BCUT2D eigenvalue weighted by atomic mass is 9.93. The Morgan fingerprint density at radius 1 is 0.538 bits per heavy atom. The fraction of sp³-hybridized carbons (Fsp3) is 0.972. The maximum atomic E-state index is 12.8. The number of aliphatic hydroxyl groups is 1. The van der Waals surface area contributed by atoms with E-state index in [1.165, 1.54) is 161 Å². The topological polar surface area (TPSA) is 49.3 Å². The zero-order valence-corrected chi connectivity index (χ0v) is 26.9. The molecule has 1 aliphatic carbocycles. The van der Waals surface area contributed by atoms with Gasteiger partial charge in [-0.3, -0.25) is 4.79 Å². The van der Waals surface area contributed by atoms with E-state index in [4.69, 9.17) is 0 Å². The zero-order chi connectivity index (χ0) is 28.3. The van der Waals surface area contributed by atoms with Crippen molar-refractivity contribution >= 4 is 5.91 Å². The molecule has 2 N–H and O–H groups in total. The molecule has 39 heavy (non-hydrogen) atoms. The van der Waals surface area contributed by atoms with E-state index in [-0.39, 0.29) is 5.91 Å². The van der Waals surface area contributed by atoms with Crippen LogP contribution in [0.5, 0.6) is 0 Å². The molecule has 1 amide bonds. The second-order valence-corrected chi connectivity index (χ2v) is 13.1. The fourth-order valence-electron chi connectivity index (χ4n) is 6.18. The molecule has 0 bridgehead atoms. The van der Waals surface area contributed by atoms with E-state index in [0.29, 0.717) is 0 Å². The highest BCUT2D eigenvalue weighted by atomic mass is 16.3. The smallest absolute Gasteiger partial charge is 0.228 e. The summed E-state index contributed by atoms with van der Waals surface area (Å²) in [7, 11) is 0. The van der Waals surface area contributed by atoms with Crippen molar-refractivity contribution in [2.24, 2.45) is 5.41 Å². The van der Waals surface area contributed by atoms with Crippen molar-refractivity contribution in [2.75, 3.05) is 6.54 Å². The summed E-state index contributed by atoms with van der Waals surface area (Å²) in [6, 6.07) is 0. The van der Waals surface area contributed by atoms with Gasteiger partial charge in [-0.2, -0.15) is 0 Å². The normalized spacial score (nSPS) is 14.9. The molecule has 3 heteroatoms. The summed E-state index contributed by atoms with van der Waals surface area (Å²) in [5.74, 6) is 0.124. The highest BCUT2D eigenvalue weighted by Gasteiger charge is 2.54. The van der Waals surface area contributed by atoms with Gasteiger partial charge in [0.2, 0.25) is 5.91 Å². The lowest BCUT2D eigenvalue weighted by Gasteiger charge is -2.21. The predicted molar refractivity (Wildman–Crippen MR) is 171 cm³/mol. The van der Waals surface area contributed by atoms with Crippen LogP contribution in [-0.2, 0) is 4.79 Å². The minimum atomic E-state index is -0.451. The van der Waals surface area contributed by atoms with Crippen LogP contribution in [0.4, 0.5) is 0 Å².